The maximum atomic E-state index is 10.8. The van der Waals surface area contributed by atoms with Gasteiger partial charge in [-0.05, 0) is 30.7 Å². The first-order valence-electron chi connectivity index (χ1n) is 5.58. The van der Waals surface area contributed by atoms with Crippen molar-refractivity contribution in [3.63, 3.8) is 0 Å². The fraction of sp³-hybridized carbons (Fsp3) is 0.500. The Morgan fingerprint density at radius 1 is 1.65 bits per heavy atom. The third kappa shape index (κ3) is 4.99. The molecule has 0 saturated carbocycles. The number of carbonyl (C=O) groups excluding carboxylic acids is 1. The Bertz CT molecular complexity index is 351. The summed E-state index contributed by atoms with van der Waals surface area (Å²) in [7, 11) is 0. The molecule has 17 heavy (non-hydrogen) atoms. The topological polar surface area (TPSA) is 66.4 Å². The molecule has 2 atom stereocenters. The number of carboxylic acids is 1. The van der Waals surface area contributed by atoms with Gasteiger partial charge < -0.3 is 10.4 Å². The predicted molar refractivity (Wildman–Crippen MR) is 67.0 cm³/mol. The van der Waals surface area contributed by atoms with Gasteiger partial charge in [0, 0.05) is 10.9 Å². The second kappa shape index (κ2) is 7.06. The number of amides is 1. The van der Waals surface area contributed by atoms with Crippen molar-refractivity contribution in [3.05, 3.63) is 22.4 Å². The Balaban J connectivity index is 2.42. The zero-order valence-electron chi connectivity index (χ0n) is 9.76. The van der Waals surface area contributed by atoms with Crippen LogP contribution < -0.4 is 5.32 Å². The van der Waals surface area contributed by atoms with Crippen LogP contribution in [0.3, 0.4) is 0 Å². The molecule has 2 unspecified atom stereocenters. The van der Waals surface area contributed by atoms with E-state index >= 15 is 0 Å². The number of thiophene rings is 1. The number of rotatable bonds is 8. The highest BCUT2D eigenvalue weighted by Crippen LogP contribution is 2.15. The molecule has 0 aliphatic heterocycles. The molecule has 0 saturated heterocycles. The molecule has 0 bridgehead atoms. The summed E-state index contributed by atoms with van der Waals surface area (Å²) < 4.78 is 0. The molecule has 0 aliphatic carbocycles. The smallest absolute Gasteiger partial charge is 0.306 e. The molecule has 1 rings (SSSR count). The van der Waals surface area contributed by atoms with E-state index in [4.69, 9.17) is 5.11 Å². The van der Waals surface area contributed by atoms with Crippen molar-refractivity contribution in [3.8, 4) is 0 Å². The molecule has 0 radical (unpaired) electrons. The summed E-state index contributed by atoms with van der Waals surface area (Å²) in [5.74, 6) is -1.25. The quantitative estimate of drug-likeness (QED) is 0.697. The summed E-state index contributed by atoms with van der Waals surface area (Å²) in [6, 6.07) is 3.96. The van der Waals surface area contributed by atoms with E-state index in [1.165, 1.54) is 4.88 Å². The maximum absolute atomic E-state index is 10.8. The largest absolute Gasteiger partial charge is 0.481 e. The molecule has 5 heteroatoms. The average Bonchev–Trinajstić information content (AvgIpc) is 2.78. The van der Waals surface area contributed by atoms with Gasteiger partial charge in [-0.25, -0.2) is 0 Å². The van der Waals surface area contributed by atoms with Crippen molar-refractivity contribution in [1.29, 1.82) is 0 Å². The van der Waals surface area contributed by atoms with E-state index < -0.39 is 11.9 Å². The first kappa shape index (κ1) is 13.7. The minimum Gasteiger partial charge on any atom is -0.481 e. The minimum absolute atomic E-state index is 0.0688. The molecule has 0 spiro atoms. The van der Waals surface area contributed by atoms with Crippen molar-refractivity contribution >= 4 is 23.7 Å². The molecular weight excluding hydrogens is 238 g/mol. The molecule has 0 aromatic carbocycles. The molecule has 94 valence electrons. The molecule has 1 aromatic heterocycles. The van der Waals surface area contributed by atoms with Crippen LogP contribution in [0.2, 0.25) is 0 Å². The van der Waals surface area contributed by atoms with E-state index in [2.05, 4.69) is 5.32 Å². The number of carboxylic acid groups (broad SMARTS) is 1. The lowest BCUT2D eigenvalue weighted by Crippen LogP contribution is -2.31. The number of hydrogen-bond donors (Lipinski definition) is 2. The molecule has 1 aromatic rings. The number of carbonyl (C=O) groups is 2. The van der Waals surface area contributed by atoms with Crippen molar-refractivity contribution in [2.24, 2.45) is 5.92 Å². The maximum Gasteiger partial charge on any atom is 0.306 e. The fourth-order valence-electron chi connectivity index (χ4n) is 1.66. The highest BCUT2D eigenvalue weighted by atomic mass is 32.1. The van der Waals surface area contributed by atoms with Crippen LogP contribution in [-0.2, 0) is 16.0 Å². The lowest BCUT2D eigenvalue weighted by atomic mass is 9.98. The summed E-state index contributed by atoms with van der Waals surface area (Å²) in [6.07, 6.45) is 2.76. The van der Waals surface area contributed by atoms with E-state index in [1.807, 2.05) is 17.5 Å². The van der Waals surface area contributed by atoms with Gasteiger partial charge in [0.05, 0.1) is 5.92 Å². The van der Waals surface area contributed by atoms with E-state index in [1.54, 1.807) is 18.3 Å². The van der Waals surface area contributed by atoms with Crippen LogP contribution in [0.4, 0.5) is 0 Å². The van der Waals surface area contributed by atoms with Gasteiger partial charge in [-0.15, -0.1) is 11.3 Å². The van der Waals surface area contributed by atoms with Crippen LogP contribution >= 0.6 is 11.3 Å². The van der Waals surface area contributed by atoms with Crippen LogP contribution in [0.15, 0.2) is 17.5 Å². The minimum atomic E-state index is -0.821. The van der Waals surface area contributed by atoms with Gasteiger partial charge in [-0.2, -0.15) is 0 Å². The second-order valence-electron chi connectivity index (χ2n) is 4.07. The highest BCUT2D eigenvalue weighted by Gasteiger charge is 2.17. The van der Waals surface area contributed by atoms with Crippen LogP contribution in [0.1, 0.15) is 24.6 Å². The number of hydrogen-bond acceptors (Lipinski definition) is 3. The van der Waals surface area contributed by atoms with Gasteiger partial charge in [0.15, 0.2) is 0 Å². The Labute approximate surface area is 105 Å². The zero-order chi connectivity index (χ0) is 12.7. The average molecular weight is 255 g/mol. The highest BCUT2D eigenvalue weighted by molar-refractivity contribution is 7.09. The van der Waals surface area contributed by atoms with Gasteiger partial charge in [-0.1, -0.05) is 13.0 Å². The monoisotopic (exact) mass is 255 g/mol. The predicted octanol–water partition coefficient (Wildman–Crippen LogP) is 1.91. The Morgan fingerprint density at radius 3 is 2.94 bits per heavy atom. The number of aliphatic carboxylic acids is 1. The lowest BCUT2D eigenvalue weighted by Gasteiger charge is -2.17. The summed E-state index contributed by atoms with van der Waals surface area (Å²) >= 11 is 1.68. The summed E-state index contributed by atoms with van der Waals surface area (Å²) in [5.41, 5.74) is 0. The Morgan fingerprint density at radius 2 is 2.41 bits per heavy atom. The van der Waals surface area contributed by atoms with Crippen molar-refractivity contribution in [2.75, 3.05) is 0 Å². The molecule has 1 amide bonds. The van der Waals surface area contributed by atoms with Gasteiger partial charge in [0.1, 0.15) is 0 Å². The van der Waals surface area contributed by atoms with Crippen molar-refractivity contribution in [1.82, 2.24) is 5.32 Å². The summed E-state index contributed by atoms with van der Waals surface area (Å²) in [6.45, 7) is 1.66. The normalized spacial score (nSPS) is 13.9. The number of aryl methyl sites for hydroxylation is 1. The van der Waals surface area contributed by atoms with E-state index in [9.17, 15) is 9.59 Å². The van der Waals surface area contributed by atoms with Crippen molar-refractivity contribution < 1.29 is 14.7 Å². The standard InChI is InChI=1S/C12H17NO3S/c1-9(12(15)16)7-10(13-8-14)4-5-11-3-2-6-17-11/h2-3,6,8-10H,4-5,7H2,1H3,(H,13,14)(H,15,16). The van der Waals surface area contributed by atoms with E-state index in [-0.39, 0.29) is 6.04 Å². The van der Waals surface area contributed by atoms with Gasteiger partial charge >= 0.3 is 5.97 Å². The Hall–Kier alpha value is -1.36. The van der Waals surface area contributed by atoms with Gasteiger partial charge in [0.2, 0.25) is 6.41 Å². The third-order valence-electron chi connectivity index (χ3n) is 2.68. The van der Waals surface area contributed by atoms with Crippen LogP contribution in [-0.4, -0.2) is 23.5 Å². The van der Waals surface area contributed by atoms with Crippen LogP contribution in [0.25, 0.3) is 0 Å². The molecule has 1 heterocycles. The van der Waals surface area contributed by atoms with E-state index in [0.29, 0.717) is 12.8 Å². The van der Waals surface area contributed by atoms with Gasteiger partial charge in [-0.3, -0.25) is 9.59 Å². The zero-order valence-corrected chi connectivity index (χ0v) is 10.6. The number of nitrogens with one attached hydrogen (secondary N) is 1. The fourth-order valence-corrected chi connectivity index (χ4v) is 2.39. The van der Waals surface area contributed by atoms with Crippen LogP contribution in [0, 0.1) is 5.92 Å². The second-order valence-corrected chi connectivity index (χ2v) is 5.11. The summed E-state index contributed by atoms with van der Waals surface area (Å²) in [4.78, 5) is 22.5. The summed E-state index contributed by atoms with van der Waals surface area (Å²) in [5, 5.41) is 13.5. The molecule has 4 nitrogen and oxygen atoms in total. The molecule has 2 N–H and O–H groups in total. The molecular formula is C12H17NO3S. The van der Waals surface area contributed by atoms with Crippen LogP contribution in [0.5, 0.6) is 0 Å². The third-order valence-corrected chi connectivity index (χ3v) is 3.62. The van der Waals surface area contributed by atoms with Crippen molar-refractivity contribution in [2.45, 2.75) is 32.2 Å². The van der Waals surface area contributed by atoms with E-state index in [0.717, 1.165) is 12.8 Å². The van der Waals surface area contributed by atoms with Gasteiger partial charge in [0.25, 0.3) is 0 Å². The SMILES string of the molecule is CC(CC(CCc1cccs1)NC=O)C(=O)O. The lowest BCUT2D eigenvalue weighted by molar-refractivity contribution is -0.141. The Kier molecular flexibility index (Phi) is 5.69. The molecule has 0 aliphatic rings. The molecule has 0 fully saturated rings. The first-order chi connectivity index (χ1) is 8.13. The first-order valence-corrected chi connectivity index (χ1v) is 6.46.